The molecule has 0 unspecified atom stereocenters. The quantitative estimate of drug-likeness (QED) is 0.711. The molecule has 1 aliphatic heterocycles. The number of amides is 1. The van der Waals surface area contributed by atoms with Crippen molar-refractivity contribution < 1.29 is 13.2 Å². The van der Waals surface area contributed by atoms with Crippen molar-refractivity contribution in [3.8, 4) is 0 Å². The molecule has 6 rings (SSSR count). The summed E-state index contributed by atoms with van der Waals surface area (Å²) in [4.78, 5) is 13.0. The van der Waals surface area contributed by atoms with Gasteiger partial charge in [-0.3, -0.25) is 4.79 Å². The molecule has 30 heavy (non-hydrogen) atoms. The number of carbonyl (C=O) groups is 1. The van der Waals surface area contributed by atoms with Gasteiger partial charge in [0.1, 0.15) is 4.90 Å². The Balaban J connectivity index is 1.21. The van der Waals surface area contributed by atoms with Gasteiger partial charge in [0, 0.05) is 30.1 Å². The molecule has 1 aromatic carbocycles. The van der Waals surface area contributed by atoms with E-state index in [0.717, 1.165) is 11.8 Å². The van der Waals surface area contributed by atoms with Gasteiger partial charge in [0.25, 0.3) is 0 Å². The van der Waals surface area contributed by atoms with E-state index in [0.29, 0.717) is 48.8 Å². The van der Waals surface area contributed by atoms with Crippen LogP contribution >= 0.6 is 23.2 Å². The average molecular weight is 471 g/mol. The van der Waals surface area contributed by atoms with Crippen LogP contribution in [0, 0.1) is 29.6 Å². The summed E-state index contributed by atoms with van der Waals surface area (Å²) >= 11 is 12.1. The largest absolute Gasteiger partial charge is 0.353 e. The van der Waals surface area contributed by atoms with E-state index in [1.807, 2.05) is 0 Å². The summed E-state index contributed by atoms with van der Waals surface area (Å²) in [7, 11) is -3.72. The molecule has 8 heteroatoms. The molecule has 1 amide bonds. The van der Waals surface area contributed by atoms with E-state index in [9.17, 15) is 13.2 Å². The van der Waals surface area contributed by atoms with E-state index < -0.39 is 10.0 Å². The van der Waals surface area contributed by atoms with E-state index >= 15 is 0 Å². The number of sulfonamides is 1. The van der Waals surface area contributed by atoms with Gasteiger partial charge in [-0.05, 0) is 86.8 Å². The third-order valence-electron chi connectivity index (χ3n) is 7.87. The number of halogens is 2. The maximum absolute atomic E-state index is 13.0. The number of rotatable bonds is 4. The summed E-state index contributed by atoms with van der Waals surface area (Å²) in [6, 6.07) is 4.80. The van der Waals surface area contributed by atoms with Crippen LogP contribution in [0.1, 0.15) is 44.9 Å². The molecule has 1 saturated heterocycles. The predicted octanol–water partition coefficient (Wildman–Crippen LogP) is 4.34. The summed E-state index contributed by atoms with van der Waals surface area (Å²) in [6.45, 7) is 0.649. The van der Waals surface area contributed by atoms with Gasteiger partial charge in [-0.2, -0.15) is 4.31 Å². The molecule has 4 aliphatic carbocycles. The fourth-order valence-corrected chi connectivity index (χ4v) is 8.82. The van der Waals surface area contributed by atoms with Crippen molar-refractivity contribution in [2.75, 3.05) is 13.1 Å². The number of piperidine rings is 1. The van der Waals surface area contributed by atoms with Crippen molar-refractivity contribution >= 4 is 39.1 Å². The molecular weight excluding hydrogens is 443 g/mol. The minimum Gasteiger partial charge on any atom is -0.353 e. The molecule has 4 bridgehead atoms. The third-order valence-corrected chi connectivity index (χ3v) is 10.5. The molecule has 5 fully saturated rings. The second kappa shape index (κ2) is 7.95. The molecule has 5 aliphatic rings. The summed E-state index contributed by atoms with van der Waals surface area (Å²) in [5, 5.41) is 3.89. The highest BCUT2D eigenvalue weighted by molar-refractivity contribution is 7.89. The lowest BCUT2D eigenvalue weighted by molar-refractivity contribution is -0.130. The molecule has 164 valence electrons. The van der Waals surface area contributed by atoms with Crippen LogP contribution in [0.5, 0.6) is 0 Å². The van der Waals surface area contributed by atoms with Gasteiger partial charge < -0.3 is 5.32 Å². The second-order valence-electron chi connectivity index (χ2n) is 9.72. The van der Waals surface area contributed by atoms with Gasteiger partial charge in [0.05, 0.1) is 5.02 Å². The maximum atomic E-state index is 13.0. The topological polar surface area (TPSA) is 66.5 Å². The predicted molar refractivity (Wildman–Crippen MR) is 117 cm³/mol. The number of benzene rings is 1. The molecule has 1 heterocycles. The molecule has 0 spiro atoms. The SMILES string of the molecule is O=C(NC1C2CC3CC(C2)CC1C3)C1CCN(S(=O)(=O)c2cc(Cl)ccc2Cl)CC1. The highest BCUT2D eigenvalue weighted by Crippen LogP contribution is 2.53. The van der Waals surface area contributed by atoms with Gasteiger partial charge in [-0.25, -0.2) is 8.42 Å². The van der Waals surface area contributed by atoms with Crippen molar-refractivity contribution in [3.63, 3.8) is 0 Å². The molecular formula is C22H28Cl2N2O3S. The third kappa shape index (κ3) is 3.78. The Morgan fingerprint density at radius 2 is 1.57 bits per heavy atom. The smallest absolute Gasteiger partial charge is 0.244 e. The number of hydrogen-bond donors (Lipinski definition) is 1. The zero-order valence-electron chi connectivity index (χ0n) is 16.9. The first-order valence-electron chi connectivity index (χ1n) is 11.1. The molecule has 5 nitrogen and oxygen atoms in total. The standard InChI is InChI=1S/C22H28Cl2N2O3S/c23-18-1-2-19(24)20(12-18)30(28,29)26-5-3-15(4-6-26)22(27)25-21-16-8-13-7-14(10-16)11-17(21)9-13/h1-2,12-17,21H,3-11H2,(H,25,27). The second-order valence-corrected chi connectivity index (χ2v) is 12.5. The first-order valence-corrected chi connectivity index (χ1v) is 13.3. The van der Waals surface area contributed by atoms with Crippen molar-refractivity contribution in [1.82, 2.24) is 9.62 Å². The van der Waals surface area contributed by atoms with E-state index in [-0.39, 0.29) is 21.7 Å². The van der Waals surface area contributed by atoms with Crippen LogP contribution in [0.3, 0.4) is 0 Å². The Morgan fingerprint density at radius 3 is 2.17 bits per heavy atom. The lowest BCUT2D eigenvalue weighted by atomic mass is 9.54. The van der Waals surface area contributed by atoms with Crippen molar-refractivity contribution in [3.05, 3.63) is 28.2 Å². The van der Waals surface area contributed by atoms with Crippen LogP contribution in [0.25, 0.3) is 0 Å². The fraction of sp³-hybridized carbons (Fsp3) is 0.682. The zero-order valence-corrected chi connectivity index (χ0v) is 19.2. The van der Waals surface area contributed by atoms with Crippen LogP contribution in [-0.4, -0.2) is 37.8 Å². The summed E-state index contributed by atoms with van der Waals surface area (Å²) in [5.74, 6) is 3.06. The normalized spacial score (nSPS) is 34.3. The van der Waals surface area contributed by atoms with Crippen LogP contribution < -0.4 is 5.32 Å². The number of carbonyl (C=O) groups excluding carboxylic acids is 1. The zero-order chi connectivity index (χ0) is 21.0. The molecule has 0 aromatic heterocycles. The van der Waals surface area contributed by atoms with Gasteiger partial charge in [0.2, 0.25) is 15.9 Å². The number of nitrogens with one attached hydrogen (secondary N) is 1. The maximum Gasteiger partial charge on any atom is 0.244 e. The van der Waals surface area contributed by atoms with Crippen molar-refractivity contribution in [2.45, 2.75) is 55.9 Å². The van der Waals surface area contributed by atoms with Gasteiger partial charge in [0.15, 0.2) is 0 Å². The van der Waals surface area contributed by atoms with E-state index in [2.05, 4.69) is 5.32 Å². The Morgan fingerprint density at radius 1 is 0.967 bits per heavy atom. The average Bonchev–Trinajstić information content (AvgIpc) is 2.72. The molecule has 0 radical (unpaired) electrons. The molecule has 0 atom stereocenters. The van der Waals surface area contributed by atoms with E-state index in [4.69, 9.17) is 23.2 Å². The van der Waals surface area contributed by atoms with Gasteiger partial charge in [-0.1, -0.05) is 23.2 Å². The van der Waals surface area contributed by atoms with E-state index in [1.54, 1.807) is 6.07 Å². The number of hydrogen-bond acceptors (Lipinski definition) is 3. The molecule has 1 N–H and O–H groups in total. The Kier molecular flexibility index (Phi) is 5.58. The Hall–Kier alpha value is -0.820. The summed E-state index contributed by atoms with van der Waals surface area (Å²) in [6.07, 6.45) is 7.57. The Labute approximate surface area is 188 Å². The van der Waals surface area contributed by atoms with Crippen LogP contribution in [0.2, 0.25) is 10.0 Å². The minimum absolute atomic E-state index is 0.0353. The fourth-order valence-electron chi connectivity index (χ4n) is 6.62. The van der Waals surface area contributed by atoms with Crippen LogP contribution in [0.15, 0.2) is 23.1 Å². The first-order chi connectivity index (χ1) is 14.3. The van der Waals surface area contributed by atoms with Gasteiger partial charge in [-0.15, -0.1) is 0 Å². The molecule has 1 aromatic rings. The summed E-state index contributed by atoms with van der Waals surface area (Å²) < 4.78 is 27.4. The van der Waals surface area contributed by atoms with Crippen LogP contribution in [0.4, 0.5) is 0 Å². The summed E-state index contributed by atoms with van der Waals surface area (Å²) in [5.41, 5.74) is 0. The Bertz CT molecular complexity index is 916. The lowest BCUT2D eigenvalue weighted by Crippen LogP contribution is -2.57. The van der Waals surface area contributed by atoms with Crippen molar-refractivity contribution in [2.24, 2.45) is 29.6 Å². The van der Waals surface area contributed by atoms with E-state index in [1.165, 1.54) is 48.5 Å². The minimum atomic E-state index is -3.72. The highest BCUT2D eigenvalue weighted by Gasteiger charge is 2.49. The van der Waals surface area contributed by atoms with Crippen LogP contribution in [-0.2, 0) is 14.8 Å². The van der Waals surface area contributed by atoms with Crippen molar-refractivity contribution in [1.29, 1.82) is 0 Å². The first kappa shape index (κ1) is 21.0. The lowest BCUT2D eigenvalue weighted by Gasteiger charge is -2.54. The molecule has 4 saturated carbocycles. The van der Waals surface area contributed by atoms with Gasteiger partial charge >= 0.3 is 0 Å². The number of nitrogens with zero attached hydrogens (tertiary/aromatic N) is 1. The monoisotopic (exact) mass is 470 g/mol. The highest BCUT2D eigenvalue weighted by atomic mass is 35.5.